The summed E-state index contributed by atoms with van der Waals surface area (Å²) in [7, 11) is -3.50. The summed E-state index contributed by atoms with van der Waals surface area (Å²) >= 11 is 0. The van der Waals surface area contributed by atoms with Crippen molar-refractivity contribution < 1.29 is 88.5 Å². The van der Waals surface area contributed by atoms with E-state index in [2.05, 4.69) is 45.8 Å². The molecule has 42 heteroatoms. The first-order valence-electron chi connectivity index (χ1n) is 38.1. The van der Waals surface area contributed by atoms with Gasteiger partial charge in [0.25, 0.3) is 22.2 Å². The Morgan fingerprint density at radius 2 is 0.680 bits per heavy atom. The van der Waals surface area contributed by atoms with Gasteiger partial charge in [0, 0.05) is 127 Å². The summed E-state index contributed by atoms with van der Waals surface area (Å²) in [6, 6.07) is 29.4. The zero-order chi connectivity index (χ0) is 87.0. The highest BCUT2D eigenvalue weighted by molar-refractivity contribution is 7.90. The van der Waals surface area contributed by atoms with E-state index in [0.29, 0.717) is 157 Å². The van der Waals surface area contributed by atoms with Gasteiger partial charge in [-0.15, -0.1) is 0 Å². The molecule has 0 atom stereocenters. The van der Waals surface area contributed by atoms with E-state index in [-0.39, 0.29) is 34.1 Å². The van der Waals surface area contributed by atoms with Crippen molar-refractivity contribution >= 4 is 9.84 Å². The van der Waals surface area contributed by atoms with Crippen LogP contribution in [0.4, 0.5) is 65.9 Å². The van der Waals surface area contributed by atoms with E-state index in [9.17, 15) is 93.5 Å². The lowest BCUT2D eigenvalue weighted by Crippen LogP contribution is -2.23. The fourth-order valence-electron chi connectivity index (χ4n) is 14.2. The van der Waals surface area contributed by atoms with Crippen LogP contribution in [-0.4, -0.2) is 139 Å². The van der Waals surface area contributed by atoms with Crippen molar-refractivity contribution in [3.05, 3.63) is 255 Å². The van der Waals surface area contributed by atoms with Crippen LogP contribution >= 0.6 is 0 Å². The number of hydrogen-bond donors (Lipinski definition) is 8. The molecule has 0 spiro atoms. The Kier molecular flexibility index (Phi) is 26.5. The van der Waals surface area contributed by atoms with Crippen LogP contribution in [0.15, 0.2) is 170 Å². The van der Waals surface area contributed by atoms with Crippen molar-refractivity contribution in [1.29, 1.82) is 0 Å². The smallest absolute Gasteiger partial charge is 0.381 e. The van der Waals surface area contributed by atoms with Gasteiger partial charge in [-0.25, -0.2) is 21.6 Å². The molecule has 3 aliphatic heterocycles. The van der Waals surface area contributed by atoms with Crippen LogP contribution in [0.5, 0.6) is 0 Å². The number of ether oxygens (including phenoxy) is 3. The molecule has 4 aromatic carbocycles. The highest BCUT2D eigenvalue weighted by atomic mass is 32.2. The number of aromatic nitrogens is 17. The number of pyridine rings is 1. The molecular formula is C80H76F15N17O9S. The average Bonchev–Trinajstić information content (AvgIpc) is 1.65. The maximum Gasteiger partial charge on any atom is 0.432 e. The lowest BCUT2D eigenvalue weighted by Gasteiger charge is -2.21. The molecule has 3 saturated heterocycles. The number of rotatable bonds is 20. The van der Waals surface area contributed by atoms with Gasteiger partial charge in [0.2, 0.25) is 0 Å². The predicted octanol–water partition coefficient (Wildman–Crippen LogP) is 15.0. The third-order valence-electron chi connectivity index (χ3n) is 20.8. The Hall–Kier alpha value is -12.3. The topological polar surface area (TPSA) is 341 Å². The Morgan fingerprint density at radius 3 is 1.00 bits per heavy atom. The number of nitrogens with one attached hydrogen (secondary N) is 8. The van der Waals surface area contributed by atoms with Gasteiger partial charge in [-0.2, -0.15) is 91.8 Å². The molecule has 9 aromatic heterocycles. The number of H-pyrrole nitrogens is 8. The Labute approximate surface area is 680 Å². The van der Waals surface area contributed by atoms with Crippen LogP contribution in [0.2, 0.25) is 0 Å². The second kappa shape index (κ2) is 37.0. The van der Waals surface area contributed by atoms with Crippen molar-refractivity contribution in [1.82, 2.24) is 84.9 Å². The van der Waals surface area contributed by atoms with Gasteiger partial charge in [0.1, 0.15) is 40.2 Å². The van der Waals surface area contributed by atoms with Gasteiger partial charge in [0.05, 0.1) is 27.7 Å². The number of benzene rings is 4. The van der Waals surface area contributed by atoms with Crippen molar-refractivity contribution in [3.8, 4) is 68.3 Å². The number of sulfone groups is 1. The summed E-state index contributed by atoms with van der Waals surface area (Å²) in [4.78, 5) is 56.4. The van der Waals surface area contributed by atoms with E-state index in [1.54, 1.807) is 24.5 Å². The molecule has 646 valence electrons. The minimum atomic E-state index is -4.64. The molecule has 122 heavy (non-hydrogen) atoms. The van der Waals surface area contributed by atoms with Crippen molar-refractivity contribution in [2.24, 2.45) is 17.8 Å². The molecule has 0 aliphatic carbocycles. The molecule has 13 aromatic rings. The third kappa shape index (κ3) is 21.2. The van der Waals surface area contributed by atoms with Gasteiger partial charge in [-0.3, -0.25) is 65.0 Å². The molecule has 0 saturated carbocycles. The standard InChI is InChI=1S/C21H23F3N4O4S.C20H15F4N5O.C20H20F4N4O2.C19H18F4N4O2/c1-33(30,31)15-4-2-3-14(11-15)19-16(6-5-13-7-9-32-10-8-13)20(29)28(27-19)18-12-17(25-26-18)21(22,23)24;21-14-4-2-13(3-5-14)18-15(6-1-12-7-9-25-10-8-12)19(30)29(28-18)17-11-16(26-27-17)20(22,23)24;21-14-4-2-13(3-5-14)18-15(6-1-12-7-9-30-10-8-12)19(29)28(27-18)17-11-16(25-26-17)20(22,23)24;20-13-3-1-12(2-4-13)17-14(9-11-5-7-29-8-6-11)18(28)27(26-17)16-10-15(24-25-16)19(21,22)23/h2-4,11-13,27H,5-10H2,1H3,(H,25,26);2-5,7-11,28H,1,6H2,(H,26,27);2-5,11-12,27H,1,6-10H2,(H,25,26);1-4,10-11,26H,5-9H2,(H,24,25). The zero-order valence-electron chi connectivity index (χ0n) is 64.3. The van der Waals surface area contributed by atoms with E-state index < -0.39 is 97.0 Å². The number of alkyl halides is 12. The summed E-state index contributed by atoms with van der Waals surface area (Å²) in [6.07, 6.45) is -5.48. The monoisotopic (exact) mass is 1740 g/mol. The molecule has 12 heterocycles. The van der Waals surface area contributed by atoms with Crippen molar-refractivity contribution in [2.75, 3.05) is 45.9 Å². The second-order valence-electron chi connectivity index (χ2n) is 29.1. The molecule has 26 nitrogen and oxygen atoms in total. The molecule has 3 fully saturated rings. The first-order valence-corrected chi connectivity index (χ1v) is 40.0. The average molecular weight is 1740 g/mol. The molecule has 0 amide bonds. The van der Waals surface area contributed by atoms with Gasteiger partial charge in [-0.05, 0) is 204 Å². The van der Waals surface area contributed by atoms with E-state index in [1.807, 2.05) is 32.5 Å². The summed E-state index contributed by atoms with van der Waals surface area (Å²) in [5.74, 6) is -1.14. The number of aromatic amines is 8. The zero-order valence-corrected chi connectivity index (χ0v) is 65.1. The molecule has 8 N–H and O–H groups in total. The van der Waals surface area contributed by atoms with E-state index in [0.717, 1.165) is 99.8 Å². The molecule has 0 unspecified atom stereocenters. The largest absolute Gasteiger partial charge is 0.432 e. The fourth-order valence-corrected chi connectivity index (χ4v) is 14.9. The van der Waals surface area contributed by atoms with Gasteiger partial charge in [-0.1, -0.05) is 12.1 Å². The van der Waals surface area contributed by atoms with Crippen LogP contribution in [0, 0.1) is 35.2 Å². The summed E-state index contributed by atoms with van der Waals surface area (Å²) < 4.78 is 239. The van der Waals surface area contributed by atoms with Gasteiger partial charge >= 0.3 is 24.7 Å². The first kappa shape index (κ1) is 87.5. The van der Waals surface area contributed by atoms with Crippen LogP contribution < -0.4 is 22.2 Å². The second-order valence-corrected chi connectivity index (χ2v) is 31.1. The lowest BCUT2D eigenvalue weighted by molar-refractivity contribution is -0.142. The summed E-state index contributed by atoms with van der Waals surface area (Å²) in [6.45, 7) is 3.87. The molecular weight excluding hydrogens is 1660 g/mol. The van der Waals surface area contributed by atoms with Gasteiger partial charge in [0.15, 0.2) is 33.1 Å². The normalized spacial score (nSPS) is 14.7. The van der Waals surface area contributed by atoms with E-state index in [1.165, 1.54) is 84.9 Å². The SMILES string of the molecule is CS(=O)(=O)c1cccc(-c2[nH]n(-c3cc(C(F)(F)F)[nH]n3)c(=O)c2CCC2CCOCC2)c1.O=c1c(CC2CCOCC2)c(-c2ccc(F)cc2)[nH]n1-c1cc(C(F)(F)F)[nH]n1.O=c1c(CCC2CCOCC2)c(-c2ccc(F)cc2)[nH]n1-c1cc(C(F)(F)F)[nH]n1.O=c1c(CCc2ccncc2)c(-c2ccc(F)cc2)[nH]n1-c1cc(C(F)(F)F)[nH]n1. The number of aryl methyl sites for hydroxylation is 1. The maximum atomic E-state index is 13.3. The highest BCUT2D eigenvalue weighted by Crippen LogP contribution is 2.36. The summed E-state index contributed by atoms with van der Waals surface area (Å²) in [5.41, 5.74) is 0.0375. The third-order valence-corrected chi connectivity index (χ3v) is 21.9. The van der Waals surface area contributed by atoms with E-state index in [4.69, 9.17) is 14.2 Å². The molecule has 0 radical (unpaired) electrons. The predicted molar refractivity (Wildman–Crippen MR) is 411 cm³/mol. The van der Waals surface area contributed by atoms with Crippen LogP contribution in [0.25, 0.3) is 68.3 Å². The number of hydrogen-bond acceptors (Lipinski definition) is 14. The summed E-state index contributed by atoms with van der Waals surface area (Å²) in [5, 5.41) is 33.5. The van der Waals surface area contributed by atoms with Crippen molar-refractivity contribution in [3.63, 3.8) is 0 Å². The highest BCUT2D eigenvalue weighted by Gasteiger charge is 2.38. The molecule has 3 aliphatic rings. The molecule has 16 rings (SSSR count). The molecule has 0 bridgehead atoms. The van der Waals surface area contributed by atoms with Crippen LogP contribution in [-0.2, 0) is 80.9 Å². The van der Waals surface area contributed by atoms with Crippen LogP contribution in [0.1, 0.15) is 102 Å². The maximum absolute atomic E-state index is 13.3. The Morgan fingerprint density at radius 1 is 0.377 bits per heavy atom. The Balaban J connectivity index is 0.000000140. The van der Waals surface area contributed by atoms with Crippen LogP contribution in [0.3, 0.4) is 0 Å². The minimum Gasteiger partial charge on any atom is -0.381 e. The van der Waals surface area contributed by atoms with E-state index >= 15 is 0 Å². The van der Waals surface area contributed by atoms with Crippen molar-refractivity contribution in [2.45, 2.75) is 113 Å². The van der Waals surface area contributed by atoms with Gasteiger partial charge < -0.3 is 14.2 Å². The number of halogens is 15. The Bertz CT molecular complexity index is 6090. The minimum absolute atomic E-state index is 0.0723. The first-order chi connectivity index (χ1) is 58.0. The quantitative estimate of drug-likeness (QED) is 0.0329. The fraction of sp³-hybridized carbons (Fsp3) is 0.338. The lowest BCUT2D eigenvalue weighted by atomic mass is 9.91. The number of nitrogens with zero attached hydrogens (tertiary/aromatic N) is 9.